The third-order valence-corrected chi connectivity index (χ3v) is 4.71. The van der Waals surface area contributed by atoms with Crippen molar-refractivity contribution in [3.05, 3.63) is 39.9 Å². The maximum atomic E-state index is 12.2. The Morgan fingerprint density at radius 1 is 1.18 bits per heavy atom. The number of hydrogen-bond donors (Lipinski definition) is 2. The molecule has 1 saturated heterocycles. The molecule has 1 aromatic carbocycles. The fourth-order valence-corrected chi connectivity index (χ4v) is 3.07. The van der Waals surface area contributed by atoms with Crippen LogP contribution in [-0.2, 0) is 16.1 Å². The highest BCUT2D eigenvalue weighted by molar-refractivity contribution is 5.81. The van der Waals surface area contributed by atoms with E-state index >= 15 is 0 Å². The van der Waals surface area contributed by atoms with Crippen molar-refractivity contribution in [3.8, 4) is 0 Å². The van der Waals surface area contributed by atoms with Gasteiger partial charge in [-0.2, -0.15) is 0 Å². The zero-order valence-corrected chi connectivity index (χ0v) is 16.0. The number of alkyl carbamates (subject to hydrolysis) is 1. The Morgan fingerprint density at radius 2 is 1.86 bits per heavy atom. The Labute approximate surface area is 164 Å². The van der Waals surface area contributed by atoms with Crippen molar-refractivity contribution < 1.29 is 19.2 Å². The summed E-state index contributed by atoms with van der Waals surface area (Å²) in [6, 6.07) is 5.35. The maximum absolute atomic E-state index is 12.2. The first-order valence-corrected chi connectivity index (χ1v) is 9.65. The summed E-state index contributed by atoms with van der Waals surface area (Å²) in [5.74, 6) is 0.0233. The molecule has 3 N–H and O–H groups in total. The van der Waals surface area contributed by atoms with Crippen LogP contribution in [0.1, 0.15) is 44.1 Å². The predicted octanol–water partition coefficient (Wildman–Crippen LogP) is 2.33. The number of nitrogens with zero attached hydrogens (tertiary/aromatic N) is 2. The summed E-state index contributed by atoms with van der Waals surface area (Å²) in [7, 11) is 0. The summed E-state index contributed by atoms with van der Waals surface area (Å²) in [5.41, 5.74) is 6.65. The van der Waals surface area contributed by atoms with Crippen LogP contribution in [0.5, 0.6) is 0 Å². The first-order chi connectivity index (χ1) is 13.5. The van der Waals surface area contributed by atoms with Gasteiger partial charge in [0.25, 0.3) is 5.69 Å². The van der Waals surface area contributed by atoms with E-state index in [1.165, 1.54) is 18.6 Å². The number of rotatable bonds is 9. The predicted molar refractivity (Wildman–Crippen MR) is 104 cm³/mol. The monoisotopic (exact) mass is 392 g/mol. The molecule has 1 aliphatic heterocycles. The molecule has 1 fully saturated rings. The summed E-state index contributed by atoms with van der Waals surface area (Å²) >= 11 is 0. The van der Waals surface area contributed by atoms with Crippen LogP contribution in [0.15, 0.2) is 24.3 Å². The van der Waals surface area contributed by atoms with E-state index in [1.807, 2.05) is 4.90 Å². The van der Waals surface area contributed by atoms with Gasteiger partial charge in [-0.25, -0.2) is 4.79 Å². The van der Waals surface area contributed by atoms with Gasteiger partial charge in [-0.3, -0.25) is 14.9 Å². The normalized spacial score (nSPS) is 15.0. The molecule has 0 aromatic heterocycles. The lowest BCUT2D eigenvalue weighted by Crippen LogP contribution is -2.45. The number of benzene rings is 1. The Hall–Kier alpha value is -2.68. The number of piperidine rings is 1. The molecular weight excluding hydrogens is 364 g/mol. The van der Waals surface area contributed by atoms with Crippen LogP contribution in [0.4, 0.5) is 10.5 Å². The van der Waals surface area contributed by atoms with Crippen molar-refractivity contribution in [3.63, 3.8) is 0 Å². The SMILES string of the molecule is N[C@@H](CCCCNC(=O)OCc1ccc([N+](=O)[O-])cc1)C(=O)N1CCCCC1. The summed E-state index contributed by atoms with van der Waals surface area (Å²) in [6.45, 7) is 2.08. The lowest BCUT2D eigenvalue weighted by atomic mass is 10.1. The molecule has 9 heteroatoms. The number of amides is 2. The van der Waals surface area contributed by atoms with Crippen molar-refractivity contribution in [1.29, 1.82) is 0 Å². The molecule has 2 rings (SSSR count). The number of unbranched alkanes of at least 4 members (excludes halogenated alkanes) is 1. The van der Waals surface area contributed by atoms with Crippen LogP contribution in [-0.4, -0.2) is 47.5 Å². The lowest BCUT2D eigenvalue weighted by molar-refractivity contribution is -0.384. The Bertz CT molecular complexity index is 659. The molecule has 0 bridgehead atoms. The average molecular weight is 392 g/mol. The van der Waals surface area contributed by atoms with Crippen molar-refractivity contribution in [1.82, 2.24) is 10.2 Å². The number of carbonyl (C=O) groups is 2. The van der Waals surface area contributed by atoms with Crippen LogP contribution in [0.25, 0.3) is 0 Å². The molecule has 1 aliphatic rings. The van der Waals surface area contributed by atoms with Gasteiger partial charge >= 0.3 is 6.09 Å². The number of nitrogens with two attached hydrogens (primary N) is 1. The second-order valence-electron chi connectivity index (χ2n) is 6.91. The van der Waals surface area contributed by atoms with Crippen molar-refractivity contribution in [2.24, 2.45) is 5.73 Å². The zero-order chi connectivity index (χ0) is 20.4. The highest BCUT2D eigenvalue weighted by Crippen LogP contribution is 2.13. The van der Waals surface area contributed by atoms with E-state index in [0.717, 1.165) is 32.4 Å². The van der Waals surface area contributed by atoms with Gasteiger partial charge in [0.05, 0.1) is 11.0 Å². The van der Waals surface area contributed by atoms with Crippen LogP contribution in [0.2, 0.25) is 0 Å². The third-order valence-electron chi connectivity index (χ3n) is 4.71. The van der Waals surface area contributed by atoms with Gasteiger partial charge in [0.2, 0.25) is 5.91 Å². The Morgan fingerprint density at radius 3 is 2.50 bits per heavy atom. The minimum atomic E-state index is -0.549. The van der Waals surface area contributed by atoms with Crippen molar-refractivity contribution in [2.75, 3.05) is 19.6 Å². The fourth-order valence-electron chi connectivity index (χ4n) is 3.07. The molecule has 1 atom stereocenters. The second kappa shape index (κ2) is 11.2. The summed E-state index contributed by atoms with van der Waals surface area (Å²) in [6.07, 6.45) is 4.75. The first kappa shape index (κ1) is 21.6. The number of non-ortho nitro benzene ring substituents is 1. The van der Waals surface area contributed by atoms with E-state index in [2.05, 4.69) is 5.32 Å². The fraction of sp³-hybridized carbons (Fsp3) is 0.579. The van der Waals surface area contributed by atoms with E-state index in [9.17, 15) is 19.7 Å². The highest BCUT2D eigenvalue weighted by atomic mass is 16.6. The van der Waals surface area contributed by atoms with E-state index in [1.54, 1.807) is 12.1 Å². The van der Waals surface area contributed by atoms with Gasteiger partial charge < -0.3 is 20.7 Å². The first-order valence-electron chi connectivity index (χ1n) is 9.65. The van der Waals surface area contributed by atoms with Gasteiger partial charge in [-0.05, 0) is 56.2 Å². The molecule has 28 heavy (non-hydrogen) atoms. The van der Waals surface area contributed by atoms with Crippen molar-refractivity contribution >= 4 is 17.7 Å². The minimum Gasteiger partial charge on any atom is -0.445 e. The standard InChI is InChI=1S/C19H28N4O5/c20-17(18(24)22-12-4-1-5-13-22)6-2-3-11-21-19(25)28-14-15-7-9-16(10-8-15)23(26)27/h7-10,17H,1-6,11-14,20H2,(H,21,25)/t17-/m0/s1. The molecule has 2 amide bonds. The minimum absolute atomic E-state index is 0.00909. The van der Waals surface area contributed by atoms with E-state index in [0.29, 0.717) is 24.9 Å². The average Bonchev–Trinajstić information content (AvgIpc) is 2.72. The number of hydrogen-bond acceptors (Lipinski definition) is 6. The number of ether oxygens (including phenoxy) is 1. The van der Waals surface area contributed by atoms with Gasteiger partial charge in [0.15, 0.2) is 0 Å². The third kappa shape index (κ3) is 7.15. The van der Waals surface area contributed by atoms with Crippen LogP contribution in [0, 0.1) is 10.1 Å². The Kier molecular flexibility index (Phi) is 8.67. The van der Waals surface area contributed by atoms with Crippen molar-refractivity contribution in [2.45, 2.75) is 51.2 Å². The molecule has 9 nitrogen and oxygen atoms in total. The summed E-state index contributed by atoms with van der Waals surface area (Å²) < 4.78 is 5.07. The van der Waals surface area contributed by atoms with E-state index in [4.69, 9.17) is 10.5 Å². The van der Waals surface area contributed by atoms with Crippen LogP contribution >= 0.6 is 0 Å². The summed E-state index contributed by atoms with van der Waals surface area (Å²) in [4.78, 5) is 35.9. The summed E-state index contributed by atoms with van der Waals surface area (Å²) in [5, 5.41) is 13.2. The van der Waals surface area contributed by atoms with Crippen LogP contribution in [0.3, 0.4) is 0 Å². The van der Waals surface area contributed by atoms with E-state index in [-0.39, 0.29) is 18.2 Å². The smallest absolute Gasteiger partial charge is 0.407 e. The molecule has 154 valence electrons. The molecule has 1 aromatic rings. The van der Waals surface area contributed by atoms with E-state index < -0.39 is 17.1 Å². The largest absolute Gasteiger partial charge is 0.445 e. The van der Waals surface area contributed by atoms with Gasteiger partial charge in [0.1, 0.15) is 6.61 Å². The zero-order valence-electron chi connectivity index (χ0n) is 16.0. The molecule has 0 unspecified atom stereocenters. The molecule has 0 aliphatic carbocycles. The quantitative estimate of drug-likeness (QED) is 0.377. The van der Waals surface area contributed by atoms with Crippen LogP contribution < -0.4 is 11.1 Å². The van der Waals surface area contributed by atoms with Gasteiger partial charge in [-0.1, -0.05) is 0 Å². The second-order valence-corrected chi connectivity index (χ2v) is 6.91. The molecular formula is C19H28N4O5. The van der Waals surface area contributed by atoms with Gasteiger partial charge in [0, 0.05) is 31.8 Å². The molecule has 0 radical (unpaired) electrons. The maximum Gasteiger partial charge on any atom is 0.407 e. The number of nitrogens with one attached hydrogen (secondary N) is 1. The molecule has 0 spiro atoms. The molecule has 0 saturated carbocycles. The topological polar surface area (TPSA) is 128 Å². The highest BCUT2D eigenvalue weighted by Gasteiger charge is 2.21. The number of carbonyl (C=O) groups excluding carboxylic acids is 2. The lowest BCUT2D eigenvalue weighted by Gasteiger charge is -2.29. The van der Waals surface area contributed by atoms with Gasteiger partial charge in [-0.15, -0.1) is 0 Å². The number of nitro benzene ring substituents is 1. The number of nitro groups is 1. The Balaban J connectivity index is 1.55. The number of likely N-dealkylation sites (tertiary alicyclic amines) is 1. The molecule has 1 heterocycles.